The van der Waals surface area contributed by atoms with Crippen molar-refractivity contribution in [2.45, 2.75) is 38.3 Å². The summed E-state index contributed by atoms with van der Waals surface area (Å²) in [5.74, 6) is -2.92. The Bertz CT molecular complexity index is 603. The molecule has 0 spiro atoms. The van der Waals surface area contributed by atoms with Crippen LogP contribution in [0.2, 0.25) is 0 Å². The number of carboxylic acid groups (broad SMARTS) is 1. The molecular formula is C16H21N3O5. The molecule has 0 aliphatic rings. The predicted molar refractivity (Wildman–Crippen MR) is 85.7 cm³/mol. The number of carboxylic acids is 1. The van der Waals surface area contributed by atoms with Crippen LogP contribution < -0.4 is 16.4 Å². The van der Waals surface area contributed by atoms with E-state index in [9.17, 15) is 19.2 Å². The molecule has 0 aromatic heterocycles. The molecule has 0 saturated carbocycles. The molecule has 0 bridgehead atoms. The van der Waals surface area contributed by atoms with Gasteiger partial charge in [0.15, 0.2) is 0 Å². The summed E-state index contributed by atoms with van der Waals surface area (Å²) in [6, 6.07) is 7.04. The van der Waals surface area contributed by atoms with Crippen molar-refractivity contribution in [3.05, 3.63) is 35.9 Å². The maximum Gasteiger partial charge on any atom is 0.303 e. The summed E-state index contributed by atoms with van der Waals surface area (Å²) in [4.78, 5) is 45.7. The van der Waals surface area contributed by atoms with Gasteiger partial charge in [0.1, 0.15) is 12.1 Å². The van der Waals surface area contributed by atoms with Crippen molar-refractivity contribution < 1.29 is 24.3 Å². The van der Waals surface area contributed by atoms with Crippen molar-refractivity contribution in [1.82, 2.24) is 10.6 Å². The molecule has 0 radical (unpaired) electrons. The van der Waals surface area contributed by atoms with E-state index in [0.29, 0.717) is 0 Å². The van der Waals surface area contributed by atoms with Gasteiger partial charge in [0, 0.05) is 19.8 Å². The third-order valence-corrected chi connectivity index (χ3v) is 3.28. The largest absolute Gasteiger partial charge is 0.481 e. The Balaban J connectivity index is 2.79. The van der Waals surface area contributed by atoms with Gasteiger partial charge in [-0.15, -0.1) is 0 Å². The number of carbonyl (C=O) groups is 4. The predicted octanol–water partition coefficient (Wildman–Crippen LogP) is -0.431. The molecule has 0 saturated heterocycles. The number of primary amides is 1. The van der Waals surface area contributed by atoms with Gasteiger partial charge in [-0.2, -0.15) is 0 Å². The fourth-order valence-electron chi connectivity index (χ4n) is 2.13. The normalized spacial score (nSPS) is 12.7. The number of hydrogen-bond acceptors (Lipinski definition) is 4. The van der Waals surface area contributed by atoms with E-state index >= 15 is 0 Å². The highest BCUT2D eigenvalue weighted by Gasteiger charge is 2.25. The highest BCUT2D eigenvalue weighted by atomic mass is 16.4. The smallest absolute Gasteiger partial charge is 0.303 e. The Morgan fingerprint density at radius 3 is 2.21 bits per heavy atom. The first-order valence-corrected chi connectivity index (χ1v) is 7.42. The summed E-state index contributed by atoms with van der Waals surface area (Å²) < 4.78 is 0. The molecule has 0 heterocycles. The molecule has 24 heavy (non-hydrogen) atoms. The topological polar surface area (TPSA) is 139 Å². The van der Waals surface area contributed by atoms with Gasteiger partial charge in [-0.25, -0.2) is 0 Å². The van der Waals surface area contributed by atoms with Crippen LogP contribution in [0.15, 0.2) is 30.3 Å². The minimum absolute atomic E-state index is 0.117. The van der Waals surface area contributed by atoms with E-state index in [0.717, 1.165) is 5.56 Å². The molecule has 3 amide bonds. The lowest BCUT2D eigenvalue weighted by Gasteiger charge is -2.21. The van der Waals surface area contributed by atoms with Crippen LogP contribution in [0, 0.1) is 0 Å². The Hall–Kier alpha value is -2.90. The lowest BCUT2D eigenvalue weighted by atomic mass is 10.0. The molecule has 1 aromatic carbocycles. The summed E-state index contributed by atoms with van der Waals surface area (Å²) in [5, 5.41) is 13.6. The fraction of sp³-hybridized carbons (Fsp3) is 0.375. The number of nitrogens with one attached hydrogen (secondary N) is 2. The second-order valence-corrected chi connectivity index (χ2v) is 5.34. The molecule has 0 aliphatic carbocycles. The molecular weight excluding hydrogens is 314 g/mol. The molecule has 5 N–H and O–H groups in total. The van der Waals surface area contributed by atoms with Crippen molar-refractivity contribution >= 4 is 23.7 Å². The van der Waals surface area contributed by atoms with Crippen molar-refractivity contribution in [3.8, 4) is 0 Å². The Morgan fingerprint density at radius 2 is 1.71 bits per heavy atom. The summed E-state index contributed by atoms with van der Waals surface area (Å²) in [6.45, 7) is 1.28. The van der Waals surface area contributed by atoms with Crippen LogP contribution in [-0.4, -0.2) is 40.9 Å². The van der Waals surface area contributed by atoms with E-state index < -0.39 is 35.8 Å². The average molecular weight is 335 g/mol. The van der Waals surface area contributed by atoms with E-state index in [4.69, 9.17) is 10.8 Å². The fourth-order valence-corrected chi connectivity index (χ4v) is 2.13. The van der Waals surface area contributed by atoms with Gasteiger partial charge < -0.3 is 21.5 Å². The van der Waals surface area contributed by atoms with Crippen molar-refractivity contribution in [3.63, 3.8) is 0 Å². The molecule has 1 rings (SSSR count). The monoisotopic (exact) mass is 335 g/mol. The van der Waals surface area contributed by atoms with Crippen LogP contribution in [0.1, 0.15) is 25.3 Å². The molecule has 0 fully saturated rings. The minimum atomic E-state index is -1.11. The first-order chi connectivity index (χ1) is 11.3. The Labute approximate surface area is 139 Å². The lowest BCUT2D eigenvalue weighted by Crippen LogP contribution is -2.53. The number of hydrogen-bond donors (Lipinski definition) is 4. The van der Waals surface area contributed by atoms with Crippen LogP contribution in [0.4, 0.5) is 0 Å². The van der Waals surface area contributed by atoms with Gasteiger partial charge >= 0.3 is 5.97 Å². The lowest BCUT2D eigenvalue weighted by molar-refractivity contribution is -0.137. The van der Waals surface area contributed by atoms with E-state index in [1.54, 1.807) is 24.3 Å². The standard InChI is InChI=1S/C16H21N3O5/c1-10(20)18-13(9-11-5-3-2-4-6-11)16(24)19-12(15(17)23)7-8-14(21)22/h2-6,12-13H,7-9H2,1H3,(H2,17,23)(H,18,20)(H,19,24)(H,21,22)/t12-,13-/m1/s1. The van der Waals surface area contributed by atoms with Gasteiger partial charge in [0.2, 0.25) is 17.7 Å². The molecule has 1 aromatic rings. The first-order valence-electron chi connectivity index (χ1n) is 7.42. The minimum Gasteiger partial charge on any atom is -0.481 e. The Kier molecular flexibility index (Phi) is 7.41. The third kappa shape index (κ3) is 6.91. The van der Waals surface area contributed by atoms with Crippen LogP contribution >= 0.6 is 0 Å². The van der Waals surface area contributed by atoms with Crippen LogP contribution in [-0.2, 0) is 25.6 Å². The molecule has 8 nitrogen and oxygen atoms in total. The van der Waals surface area contributed by atoms with Gasteiger partial charge in [0.05, 0.1) is 0 Å². The van der Waals surface area contributed by atoms with E-state index in [2.05, 4.69) is 10.6 Å². The number of carbonyl (C=O) groups excluding carboxylic acids is 3. The van der Waals surface area contributed by atoms with Gasteiger partial charge in [-0.05, 0) is 12.0 Å². The van der Waals surface area contributed by atoms with E-state index in [1.807, 2.05) is 6.07 Å². The van der Waals surface area contributed by atoms with Crippen LogP contribution in [0.3, 0.4) is 0 Å². The zero-order valence-corrected chi connectivity index (χ0v) is 13.3. The van der Waals surface area contributed by atoms with Crippen LogP contribution in [0.25, 0.3) is 0 Å². The van der Waals surface area contributed by atoms with Crippen molar-refractivity contribution in [2.24, 2.45) is 5.73 Å². The number of rotatable bonds is 9. The number of benzene rings is 1. The second kappa shape index (κ2) is 9.29. The average Bonchev–Trinajstić information content (AvgIpc) is 2.50. The zero-order valence-electron chi connectivity index (χ0n) is 13.3. The Morgan fingerprint density at radius 1 is 1.08 bits per heavy atom. The molecule has 2 atom stereocenters. The molecule has 0 unspecified atom stereocenters. The van der Waals surface area contributed by atoms with E-state index in [1.165, 1.54) is 6.92 Å². The number of nitrogens with two attached hydrogens (primary N) is 1. The third-order valence-electron chi connectivity index (χ3n) is 3.28. The molecule has 0 aliphatic heterocycles. The van der Waals surface area contributed by atoms with Gasteiger partial charge in [-0.1, -0.05) is 30.3 Å². The summed E-state index contributed by atoms with van der Waals surface area (Å²) in [5.41, 5.74) is 6.02. The van der Waals surface area contributed by atoms with Crippen molar-refractivity contribution in [2.75, 3.05) is 0 Å². The zero-order chi connectivity index (χ0) is 18.1. The van der Waals surface area contributed by atoms with Crippen LogP contribution in [0.5, 0.6) is 0 Å². The SMILES string of the molecule is CC(=O)N[C@H](Cc1ccccc1)C(=O)N[C@H](CCC(=O)O)C(N)=O. The quantitative estimate of drug-likeness (QED) is 0.485. The summed E-state index contributed by atoms with van der Waals surface area (Å²) in [7, 11) is 0. The van der Waals surface area contributed by atoms with E-state index in [-0.39, 0.29) is 19.3 Å². The highest BCUT2D eigenvalue weighted by Crippen LogP contribution is 2.05. The summed E-state index contributed by atoms with van der Waals surface area (Å²) in [6.07, 6.45) is -0.192. The number of amides is 3. The maximum absolute atomic E-state index is 12.4. The second-order valence-electron chi connectivity index (χ2n) is 5.34. The first kappa shape index (κ1) is 19.1. The van der Waals surface area contributed by atoms with Gasteiger partial charge in [-0.3, -0.25) is 19.2 Å². The van der Waals surface area contributed by atoms with Crippen molar-refractivity contribution in [1.29, 1.82) is 0 Å². The highest BCUT2D eigenvalue weighted by molar-refractivity contribution is 5.91. The number of aliphatic carboxylic acids is 1. The van der Waals surface area contributed by atoms with Gasteiger partial charge in [0.25, 0.3) is 0 Å². The molecule has 130 valence electrons. The maximum atomic E-state index is 12.4. The molecule has 8 heteroatoms. The summed E-state index contributed by atoms with van der Waals surface area (Å²) >= 11 is 0.